The number of ether oxygens (including phenoxy) is 1. The number of sulfonamides is 1. The van der Waals surface area contributed by atoms with Crippen LogP contribution in [0.15, 0.2) is 48.5 Å². The van der Waals surface area contributed by atoms with E-state index >= 15 is 0 Å². The van der Waals surface area contributed by atoms with Crippen molar-refractivity contribution in [1.82, 2.24) is 4.31 Å². The van der Waals surface area contributed by atoms with Gasteiger partial charge in [0.15, 0.2) is 0 Å². The molecule has 2 rings (SSSR count). The summed E-state index contributed by atoms with van der Waals surface area (Å²) in [7, 11) is -1.98. The normalized spacial score (nSPS) is 11.4. The van der Waals surface area contributed by atoms with Crippen molar-refractivity contribution in [3.63, 3.8) is 0 Å². The topological polar surface area (TPSA) is 75.7 Å². The number of anilines is 1. The van der Waals surface area contributed by atoms with Gasteiger partial charge in [0, 0.05) is 24.5 Å². The molecule has 0 atom stereocenters. The summed E-state index contributed by atoms with van der Waals surface area (Å²) in [5.74, 6) is 0.235. The Kier molecular flexibility index (Phi) is 7.02. The van der Waals surface area contributed by atoms with Gasteiger partial charge < -0.3 is 10.1 Å². The Bertz CT molecular complexity index is 871. The number of carbonyl (C=O) groups excluding carboxylic acids is 1. The van der Waals surface area contributed by atoms with Crippen LogP contribution in [0.5, 0.6) is 5.75 Å². The maximum Gasteiger partial charge on any atom is 0.225 e. The minimum Gasteiger partial charge on any atom is -0.495 e. The lowest BCUT2D eigenvalue weighted by molar-refractivity contribution is -0.116. The summed E-state index contributed by atoms with van der Waals surface area (Å²) in [5, 5.41) is 3.22. The van der Waals surface area contributed by atoms with E-state index in [0.29, 0.717) is 22.0 Å². The van der Waals surface area contributed by atoms with Crippen molar-refractivity contribution in [2.75, 3.05) is 25.2 Å². The van der Waals surface area contributed by atoms with E-state index in [1.54, 1.807) is 48.5 Å². The summed E-state index contributed by atoms with van der Waals surface area (Å²) in [5.41, 5.74) is 1.22. The molecule has 0 aromatic heterocycles. The second kappa shape index (κ2) is 9.02. The third kappa shape index (κ3) is 5.72. The van der Waals surface area contributed by atoms with Crippen LogP contribution in [-0.2, 0) is 21.4 Å². The minimum atomic E-state index is -3.49. The average Bonchev–Trinajstić information content (AvgIpc) is 2.59. The van der Waals surface area contributed by atoms with Crippen molar-refractivity contribution < 1.29 is 17.9 Å². The van der Waals surface area contributed by atoms with Crippen molar-refractivity contribution in [2.45, 2.75) is 13.0 Å². The van der Waals surface area contributed by atoms with Gasteiger partial charge in [-0.05, 0) is 23.8 Å². The van der Waals surface area contributed by atoms with Gasteiger partial charge in [-0.3, -0.25) is 4.79 Å². The quantitative estimate of drug-likeness (QED) is 0.743. The Hall–Kier alpha value is -2.09. The molecule has 0 aliphatic rings. The largest absolute Gasteiger partial charge is 0.495 e. The molecule has 0 radical (unpaired) electrons. The molecular weight excluding hydrogens is 376 g/mol. The minimum absolute atomic E-state index is 0.00950. The number of nitrogens with one attached hydrogen (secondary N) is 1. The van der Waals surface area contributed by atoms with Gasteiger partial charge in [-0.25, -0.2) is 8.42 Å². The van der Waals surface area contributed by atoms with E-state index in [9.17, 15) is 13.2 Å². The fraction of sp³-hybridized carbons (Fsp3) is 0.278. The molecule has 0 saturated heterocycles. The van der Waals surface area contributed by atoms with Crippen LogP contribution in [0.1, 0.15) is 12.0 Å². The van der Waals surface area contributed by atoms with Crippen molar-refractivity contribution in [3.8, 4) is 5.75 Å². The van der Waals surface area contributed by atoms with Crippen LogP contribution in [0.4, 0.5) is 5.69 Å². The zero-order valence-corrected chi connectivity index (χ0v) is 16.2. The predicted octanol–water partition coefficient (Wildman–Crippen LogP) is 3.14. The van der Waals surface area contributed by atoms with Crippen molar-refractivity contribution >= 4 is 33.2 Å². The van der Waals surface area contributed by atoms with Gasteiger partial charge in [-0.2, -0.15) is 4.31 Å². The number of carbonyl (C=O) groups is 1. The highest BCUT2D eigenvalue weighted by Gasteiger charge is 2.19. The number of rotatable bonds is 8. The van der Waals surface area contributed by atoms with Crippen LogP contribution in [0.3, 0.4) is 0 Å². The number of nitrogens with zero attached hydrogens (tertiary/aromatic N) is 1. The molecular formula is C18H21ClN2O4S. The SMILES string of the molecule is COc1ccccc1NC(=O)CCN(Cc1ccccc1Cl)S(C)(=O)=O. The van der Waals surface area contributed by atoms with Crippen molar-refractivity contribution in [1.29, 1.82) is 0 Å². The third-order valence-corrected chi connectivity index (χ3v) is 5.36. The lowest BCUT2D eigenvalue weighted by Crippen LogP contribution is -2.32. The molecule has 8 heteroatoms. The van der Waals surface area contributed by atoms with Gasteiger partial charge in [-0.15, -0.1) is 0 Å². The van der Waals surface area contributed by atoms with Gasteiger partial charge in [0.2, 0.25) is 15.9 Å². The zero-order chi connectivity index (χ0) is 19.2. The highest BCUT2D eigenvalue weighted by atomic mass is 35.5. The lowest BCUT2D eigenvalue weighted by atomic mass is 10.2. The molecule has 0 saturated carbocycles. The number of hydrogen-bond donors (Lipinski definition) is 1. The summed E-state index contributed by atoms with van der Waals surface area (Å²) in [6.45, 7) is 0.158. The molecule has 26 heavy (non-hydrogen) atoms. The van der Waals surface area contributed by atoms with Gasteiger partial charge in [-0.1, -0.05) is 41.9 Å². The Morgan fingerprint density at radius 1 is 1.15 bits per heavy atom. The molecule has 0 bridgehead atoms. The molecule has 140 valence electrons. The Morgan fingerprint density at radius 3 is 2.46 bits per heavy atom. The third-order valence-electron chi connectivity index (χ3n) is 3.74. The van der Waals surface area contributed by atoms with Crippen LogP contribution >= 0.6 is 11.6 Å². The molecule has 6 nitrogen and oxygen atoms in total. The molecule has 0 spiro atoms. The van der Waals surface area contributed by atoms with E-state index in [4.69, 9.17) is 16.3 Å². The number of benzene rings is 2. The second-order valence-corrected chi connectivity index (χ2v) is 8.08. The summed E-state index contributed by atoms with van der Waals surface area (Å²) in [6.07, 6.45) is 1.12. The first-order chi connectivity index (χ1) is 12.3. The number of halogens is 1. The van der Waals surface area contributed by atoms with Gasteiger partial charge in [0.1, 0.15) is 5.75 Å². The molecule has 1 N–H and O–H groups in total. The summed E-state index contributed by atoms with van der Waals surface area (Å²) in [4.78, 5) is 12.2. The van der Waals surface area contributed by atoms with E-state index in [1.807, 2.05) is 0 Å². The molecule has 1 amide bonds. The second-order valence-electron chi connectivity index (χ2n) is 5.69. The number of amides is 1. The van der Waals surface area contributed by atoms with Gasteiger partial charge in [0.05, 0.1) is 19.1 Å². The van der Waals surface area contributed by atoms with E-state index in [0.717, 1.165) is 6.26 Å². The van der Waals surface area contributed by atoms with E-state index in [1.165, 1.54) is 11.4 Å². The molecule has 0 heterocycles. The van der Waals surface area contributed by atoms with Crippen molar-refractivity contribution in [3.05, 3.63) is 59.1 Å². The monoisotopic (exact) mass is 396 g/mol. The molecule has 0 aliphatic carbocycles. The molecule has 0 unspecified atom stereocenters. The maximum absolute atomic E-state index is 12.2. The van der Waals surface area contributed by atoms with E-state index in [-0.39, 0.29) is 25.4 Å². The highest BCUT2D eigenvalue weighted by Crippen LogP contribution is 2.23. The van der Waals surface area contributed by atoms with E-state index < -0.39 is 10.0 Å². The predicted molar refractivity (Wildman–Crippen MR) is 103 cm³/mol. The number of para-hydroxylation sites is 2. The van der Waals surface area contributed by atoms with Crippen LogP contribution in [0, 0.1) is 0 Å². The first-order valence-corrected chi connectivity index (χ1v) is 10.2. The molecule has 0 fully saturated rings. The summed E-state index contributed by atoms with van der Waals surface area (Å²) < 4.78 is 30.5. The highest BCUT2D eigenvalue weighted by molar-refractivity contribution is 7.88. The summed E-state index contributed by atoms with van der Waals surface area (Å²) in [6, 6.07) is 14.0. The summed E-state index contributed by atoms with van der Waals surface area (Å²) >= 11 is 6.11. The van der Waals surface area contributed by atoms with E-state index in [2.05, 4.69) is 5.32 Å². The number of hydrogen-bond acceptors (Lipinski definition) is 4. The fourth-order valence-electron chi connectivity index (χ4n) is 2.37. The van der Waals surface area contributed by atoms with Crippen LogP contribution in [-0.4, -0.2) is 38.5 Å². The average molecular weight is 397 g/mol. The fourth-order valence-corrected chi connectivity index (χ4v) is 3.36. The zero-order valence-electron chi connectivity index (χ0n) is 14.6. The molecule has 2 aromatic rings. The smallest absolute Gasteiger partial charge is 0.225 e. The first kappa shape index (κ1) is 20.2. The first-order valence-electron chi connectivity index (χ1n) is 7.92. The van der Waals surface area contributed by atoms with Crippen molar-refractivity contribution in [2.24, 2.45) is 0 Å². The molecule has 2 aromatic carbocycles. The van der Waals surface area contributed by atoms with Gasteiger partial charge in [0.25, 0.3) is 0 Å². The lowest BCUT2D eigenvalue weighted by Gasteiger charge is -2.20. The van der Waals surface area contributed by atoms with Gasteiger partial charge >= 0.3 is 0 Å². The Balaban J connectivity index is 2.03. The Labute approximate surface area is 158 Å². The maximum atomic E-state index is 12.2. The Morgan fingerprint density at radius 2 is 1.81 bits per heavy atom. The van der Waals surface area contributed by atoms with Crippen LogP contribution < -0.4 is 10.1 Å². The number of methoxy groups -OCH3 is 1. The van der Waals surface area contributed by atoms with Crippen LogP contribution in [0.25, 0.3) is 0 Å². The standard InChI is InChI=1S/C18H21ClN2O4S/c1-25-17-10-6-5-9-16(17)20-18(22)11-12-21(26(2,23)24)13-14-7-3-4-8-15(14)19/h3-10H,11-13H2,1-2H3,(H,20,22). The van der Waals surface area contributed by atoms with Crippen LogP contribution in [0.2, 0.25) is 5.02 Å². The molecule has 0 aliphatic heterocycles.